The molecular formula is C13H18O. The summed E-state index contributed by atoms with van der Waals surface area (Å²) in [5.74, 6) is 5.90. The van der Waals surface area contributed by atoms with Crippen LogP contribution in [-0.4, -0.2) is 5.78 Å². The molecule has 4 fully saturated rings. The van der Waals surface area contributed by atoms with Gasteiger partial charge in [-0.2, -0.15) is 0 Å². The van der Waals surface area contributed by atoms with Crippen LogP contribution in [-0.2, 0) is 4.79 Å². The monoisotopic (exact) mass is 190 g/mol. The Hall–Kier alpha value is -0.330. The average Bonchev–Trinajstić information content (AvgIpc) is 2.68. The third-order valence-electron chi connectivity index (χ3n) is 5.75. The van der Waals surface area contributed by atoms with Gasteiger partial charge in [0.1, 0.15) is 5.78 Å². The van der Waals surface area contributed by atoms with Crippen molar-refractivity contribution in [2.45, 2.75) is 38.5 Å². The van der Waals surface area contributed by atoms with Crippen molar-refractivity contribution in [2.24, 2.45) is 35.5 Å². The molecule has 76 valence electrons. The number of carbonyl (C=O) groups is 1. The fourth-order valence-corrected chi connectivity index (χ4v) is 5.43. The molecule has 2 bridgehead atoms. The first-order valence-electron chi connectivity index (χ1n) is 6.39. The molecule has 4 rings (SSSR count). The van der Waals surface area contributed by atoms with Crippen molar-refractivity contribution in [3.8, 4) is 0 Å². The Labute approximate surface area is 85.3 Å². The Morgan fingerprint density at radius 2 is 1.79 bits per heavy atom. The highest BCUT2D eigenvalue weighted by Gasteiger charge is 2.64. The summed E-state index contributed by atoms with van der Waals surface area (Å²) >= 11 is 0. The van der Waals surface area contributed by atoms with Crippen LogP contribution in [0.4, 0.5) is 0 Å². The lowest BCUT2D eigenvalue weighted by Crippen LogP contribution is -2.54. The van der Waals surface area contributed by atoms with Crippen LogP contribution in [0.5, 0.6) is 0 Å². The predicted octanol–water partition coefficient (Wildman–Crippen LogP) is 2.65. The highest BCUT2D eigenvalue weighted by Crippen LogP contribution is 2.68. The van der Waals surface area contributed by atoms with Gasteiger partial charge in [0.05, 0.1) is 0 Å². The van der Waals surface area contributed by atoms with E-state index in [1.54, 1.807) is 0 Å². The van der Waals surface area contributed by atoms with E-state index in [1.165, 1.54) is 32.1 Å². The predicted molar refractivity (Wildman–Crippen MR) is 53.6 cm³/mol. The lowest BCUT2D eigenvalue weighted by molar-refractivity contribution is -0.149. The summed E-state index contributed by atoms with van der Waals surface area (Å²) in [6.45, 7) is 0. The van der Waals surface area contributed by atoms with Gasteiger partial charge in [-0.25, -0.2) is 0 Å². The van der Waals surface area contributed by atoms with Crippen molar-refractivity contribution in [3.63, 3.8) is 0 Å². The Balaban J connectivity index is 1.68. The Kier molecular flexibility index (Phi) is 1.37. The average molecular weight is 190 g/mol. The summed E-state index contributed by atoms with van der Waals surface area (Å²) in [6, 6.07) is 0. The molecule has 0 aromatic carbocycles. The van der Waals surface area contributed by atoms with E-state index in [0.29, 0.717) is 11.7 Å². The Morgan fingerprint density at radius 1 is 1.00 bits per heavy atom. The van der Waals surface area contributed by atoms with E-state index in [2.05, 4.69) is 0 Å². The molecule has 4 aliphatic carbocycles. The molecule has 0 aromatic rings. The van der Waals surface area contributed by atoms with E-state index in [9.17, 15) is 4.79 Å². The quantitative estimate of drug-likeness (QED) is 0.574. The first-order chi connectivity index (χ1) is 6.86. The van der Waals surface area contributed by atoms with Gasteiger partial charge in [-0.05, 0) is 61.7 Å². The normalized spacial score (nSPS) is 59.3. The van der Waals surface area contributed by atoms with E-state index >= 15 is 0 Å². The fraction of sp³-hybridized carbons (Fsp3) is 0.923. The SMILES string of the molecule is O=C1CCCC2C1C1C3CCC(C3)C21. The summed E-state index contributed by atoms with van der Waals surface area (Å²) in [4.78, 5) is 11.9. The van der Waals surface area contributed by atoms with Gasteiger partial charge >= 0.3 is 0 Å². The molecule has 0 aromatic heterocycles. The maximum atomic E-state index is 11.9. The summed E-state index contributed by atoms with van der Waals surface area (Å²) in [7, 11) is 0. The largest absolute Gasteiger partial charge is 0.299 e. The van der Waals surface area contributed by atoms with E-state index in [-0.39, 0.29) is 0 Å². The van der Waals surface area contributed by atoms with Crippen molar-refractivity contribution in [2.75, 3.05) is 0 Å². The summed E-state index contributed by atoms with van der Waals surface area (Å²) < 4.78 is 0. The molecule has 0 aliphatic heterocycles. The summed E-state index contributed by atoms with van der Waals surface area (Å²) in [5, 5.41) is 0. The van der Waals surface area contributed by atoms with Crippen molar-refractivity contribution < 1.29 is 4.79 Å². The molecule has 0 spiro atoms. The molecule has 14 heavy (non-hydrogen) atoms. The molecule has 1 heteroatoms. The van der Waals surface area contributed by atoms with E-state index in [4.69, 9.17) is 0 Å². The fourth-order valence-electron chi connectivity index (χ4n) is 5.43. The van der Waals surface area contributed by atoms with Gasteiger partial charge in [0.15, 0.2) is 0 Å². The standard InChI is InChI=1S/C13H18O/c14-10-3-1-2-9-11-7-4-5-8(6-7)12(11)13(9)10/h7-9,11-13H,1-6H2. The van der Waals surface area contributed by atoms with Gasteiger partial charge in [0.25, 0.3) is 0 Å². The minimum Gasteiger partial charge on any atom is -0.299 e. The van der Waals surface area contributed by atoms with Gasteiger partial charge in [0, 0.05) is 12.3 Å². The topological polar surface area (TPSA) is 17.1 Å². The zero-order valence-electron chi connectivity index (χ0n) is 8.61. The molecular weight excluding hydrogens is 172 g/mol. The number of hydrogen-bond donors (Lipinski definition) is 0. The van der Waals surface area contributed by atoms with Crippen LogP contribution in [0.25, 0.3) is 0 Å². The van der Waals surface area contributed by atoms with Gasteiger partial charge < -0.3 is 0 Å². The highest BCUT2D eigenvalue weighted by molar-refractivity contribution is 5.83. The van der Waals surface area contributed by atoms with Crippen LogP contribution in [0, 0.1) is 35.5 Å². The third kappa shape index (κ3) is 0.730. The highest BCUT2D eigenvalue weighted by atomic mass is 16.1. The summed E-state index contributed by atoms with van der Waals surface area (Å²) in [5.41, 5.74) is 0. The molecule has 0 amide bonds. The van der Waals surface area contributed by atoms with Crippen LogP contribution in [0.3, 0.4) is 0 Å². The van der Waals surface area contributed by atoms with Gasteiger partial charge in [-0.3, -0.25) is 4.79 Å². The number of ketones is 1. The minimum absolute atomic E-state index is 0.545. The second kappa shape index (κ2) is 2.43. The van der Waals surface area contributed by atoms with Crippen LogP contribution >= 0.6 is 0 Å². The molecule has 0 saturated heterocycles. The summed E-state index contributed by atoms with van der Waals surface area (Å²) in [6.07, 6.45) is 7.89. The van der Waals surface area contributed by atoms with Gasteiger partial charge in [-0.15, -0.1) is 0 Å². The maximum absolute atomic E-state index is 11.9. The van der Waals surface area contributed by atoms with Crippen molar-refractivity contribution >= 4 is 5.78 Å². The molecule has 6 unspecified atom stereocenters. The van der Waals surface area contributed by atoms with Gasteiger partial charge in [-0.1, -0.05) is 0 Å². The van der Waals surface area contributed by atoms with Crippen molar-refractivity contribution in [1.82, 2.24) is 0 Å². The van der Waals surface area contributed by atoms with E-state index in [1.807, 2.05) is 0 Å². The first-order valence-corrected chi connectivity index (χ1v) is 6.39. The molecule has 6 atom stereocenters. The van der Waals surface area contributed by atoms with Crippen LogP contribution in [0.1, 0.15) is 38.5 Å². The second-order valence-electron chi connectivity index (χ2n) is 6.04. The van der Waals surface area contributed by atoms with Crippen LogP contribution in [0.15, 0.2) is 0 Å². The van der Waals surface area contributed by atoms with Crippen molar-refractivity contribution in [1.29, 1.82) is 0 Å². The number of fused-ring (bicyclic) bond motifs is 8. The lowest BCUT2D eigenvalue weighted by atomic mass is 9.48. The van der Waals surface area contributed by atoms with Crippen LogP contribution < -0.4 is 0 Å². The maximum Gasteiger partial charge on any atom is 0.136 e. The zero-order chi connectivity index (χ0) is 9.28. The smallest absolute Gasteiger partial charge is 0.136 e. The number of Topliss-reactive ketones (excluding diaryl/α,β-unsaturated/α-hetero) is 1. The van der Waals surface area contributed by atoms with Gasteiger partial charge in [0.2, 0.25) is 0 Å². The van der Waals surface area contributed by atoms with Crippen LogP contribution in [0.2, 0.25) is 0 Å². The number of carbonyl (C=O) groups excluding carboxylic acids is 1. The first kappa shape index (κ1) is 7.90. The Bertz CT molecular complexity index is 296. The second-order valence-corrected chi connectivity index (χ2v) is 6.04. The molecule has 4 saturated carbocycles. The van der Waals surface area contributed by atoms with Crippen molar-refractivity contribution in [3.05, 3.63) is 0 Å². The van der Waals surface area contributed by atoms with E-state index in [0.717, 1.165) is 36.0 Å². The lowest BCUT2D eigenvalue weighted by Gasteiger charge is -2.56. The molecule has 0 radical (unpaired) electrons. The molecule has 0 N–H and O–H groups in total. The number of rotatable bonds is 0. The minimum atomic E-state index is 0.545. The zero-order valence-corrected chi connectivity index (χ0v) is 8.61. The number of hydrogen-bond acceptors (Lipinski definition) is 1. The molecule has 0 heterocycles. The third-order valence-corrected chi connectivity index (χ3v) is 5.75. The molecule has 4 aliphatic rings. The van der Waals surface area contributed by atoms with E-state index < -0.39 is 0 Å². The Morgan fingerprint density at radius 3 is 2.64 bits per heavy atom. The molecule has 1 nitrogen and oxygen atoms in total.